The minimum absolute atomic E-state index is 0.186. The lowest BCUT2D eigenvalue weighted by atomic mass is 10.1. The Labute approximate surface area is 124 Å². The molecule has 3 nitrogen and oxygen atoms in total. The molecule has 0 spiro atoms. The van der Waals surface area contributed by atoms with Crippen LogP contribution in [0.1, 0.15) is 70.6 Å². The average Bonchev–Trinajstić information content (AvgIpc) is 2.49. The van der Waals surface area contributed by atoms with Crippen LogP contribution < -0.4 is 5.32 Å². The number of unbranched alkanes of at least 4 members (excludes halogenated alkanes) is 6. The van der Waals surface area contributed by atoms with Crippen molar-refractivity contribution in [3.8, 4) is 0 Å². The van der Waals surface area contributed by atoms with Crippen LogP contribution >= 0.6 is 0 Å². The number of nitrogens with one attached hydrogen (secondary N) is 1. The van der Waals surface area contributed by atoms with Crippen LogP contribution in [-0.2, 0) is 9.53 Å². The van der Waals surface area contributed by atoms with E-state index in [-0.39, 0.29) is 12.0 Å². The van der Waals surface area contributed by atoms with Gasteiger partial charge in [0, 0.05) is 19.6 Å². The third-order valence-electron chi connectivity index (χ3n) is 3.86. The largest absolute Gasteiger partial charge is 0.376 e. The van der Waals surface area contributed by atoms with Gasteiger partial charge in [-0.3, -0.25) is 4.79 Å². The van der Waals surface area contributed by atoms with Crippen molar-refractivity contribution in [1.29, 1.82) is 0 Å². The summed E-state index contributed by atoms with van der Waals surface area (Å²) in [7, 11) is 0. The molecular weight excluding hydrogens is 250 g/mol. The molecule has 0 aromatic heterocycles. The normalized spacial score (nSPS) is 18.7. The van der Waals surface area contributed by atoms with Crippen LogP contribution in [0.15, 0.2) is 12.7 Å². The van der Waals surface area contributed by atoms with Crippen molar-refractivity contribution in [2.45, 2.75) is 76.7 Å². The summed E-state index contributed by atoms with van der Waals surface area (Å²) >= 11 is 0. The average molecular weight is 281 g/mol. The second-order valence-electron chi connectivity index (χ2n) is 5.74. The Morgan fingerprint density at radius 3 is 2.60 bits per heavy atom. The van der Waals surface area contributed by atoms with Gasteiger partial charge in [0.15, 0.2) is 0 Å². The lowest BCUT2D eigenvalue weighted by Gasteiger charge is -2.22. The predicted octanol–water partition coefficient (Wildman–Crippen LogP) is 3.98. The van der Waals surface area contributed by atoms with E-state index in [0.717, 1.165) is 32.3 Å². The van der Waals surface area contributed by atoms with E-state index < -0.39 is 0 Å². The Kier molecular flexibility index (Phi) is 10.3. The van der Waals surface area contributed by atoms with Gasteiger partial charge < -0.3 is 10.1 Å². The topological polar surface area (TPSA) is 38.3 Å². The van der Waals surface area contributed by atoms with Crippen molar-refractivity contribution in [1.82, 2.24) is 5.32 Å². The first-order chi connectivity index (χ1) is 9.83. The van der Waals surface area contributed by atoms with E-state index in [1.54, 1.807) is 0 Å². The van der Waals surface area contributed by atoms with E-state index in [4.69, 9.17) is 4.74 Å². The summed E-state index contributed by atoms with van der Waals surface area (Å²) in [4.78, 5) is 11.7. The zero-order chi connectivity index (χ0) is 14.5. The van der Waals surface area contributed by atoms with Gasteiger partial charge in [-0.2, -0.15) is 0 Å². The van der Waals surface area contributed by atoms with Crippen molar-refractivity contribution >= 4 is 5.91 Å². The van der Waals surface area contributed by atoms with Gasteiger partial charge in [-0.25, -0.2) is 0 Å². The molecular formula is C17H31NO2. The molecule has 1 atom stereocenters. The molecule has 1 aliphatic rings. The number of amides is 1. The lowest BCUT2D eigenvalue weighted by Crippen LogP contribution is -2.35. The van der Waals surface area contributed by atoms with E-state index in [2.05, 4.69) is 11.9 Å². The van der Waals surface area contributed by atoms with E-state index in [1.807, 2.05) is 6.08 Å². The molecule has 1 fully saturated rings. The maximum absolute atomic E-state index is 11.7. The van der Waals surface area contributed by atoms with Crippen LogP contribution in [0.25, 0.3) is 0 Å². The number of hydrogen-bond acceptors (Lipinski definition) is 2. The van der Waals surface area contributed by atoms with E-state index >= 15 is 0 Å². The second kappa shape index (κ2) is 12.0. The summed E-state index contributed by atoms with van der Waals surface area (Å²) in [5.41, 5.74) is 0. The second-order valence-corrected chi connectivity index (χ2v) is 5.74. The molecule has 0 aliphatic carbocycles. The first-order valence-corrected chi connectivity index (χ1v) is 8.32. The van der Waals surface area contributed by atoms with Crippen molar-refractivity contribution in [2.24, 2.45) is 0 Å². The van der Waals surface area contributed by atoms with Crippen LogP contribution in [0.3, 0.4) is 0 Å². The molecule has 116 valence electrons. The molecule has 0 bridgehead atoms. The minimum atomic E-state index is 0.186. The maximum atomic E-state index is 11.7. The molecule has 0 aromatic carbocycles. The highest BCUT2D eigenvalue weighted by molar-refractivity contribution is 5.75. The molecule has 0 radical (unpaired) electrons. The number of allylic oxidation sites excluding steroid dienone is 1. The van der Waals surface area contributed by atoms with Gasteiger partial charge in [-0.05, 0) is 38.5 Å². The molecule has 0 aromatic rings. The van der Waals surface area contributed by atoms with Gasteiger partial charge in [0.1, 0.15) is 0 Å². The van der Waals surface area contributed by atoms with Crippen LogP contribution in [0.2, 0.25) is 0 Å². The Morgan fingerprint density at radius 2 is 1.90 bits per heavy atom. The number of carbonyl (C=O) groups is 1. The van der Waals surface area contributed by atoms with Gasteiger partial charge in [0.05, 0.1) is 6.10 Å². The fourth-order valence-corrected chi connectivity index (χ4v) is 2.57. The monoisotopic (exact) mass is 281 g/mol. The quantitative estimate of drug-likeness (QED) is 0.459. The van der Waals surface area contributed by atoms with Crippen LogP contribution in [0, 0.1) is 0 Å². The number of ether oxygens (including phenoxy) is 1. The van der Waals surface area contributed by atoms with Crippen LogP contribution in [0.5, 0.6) is 0 Å². The fourth-order valence-electron chi connectivity index (χ4n) is 2.57. The number of rotatable bonds is 11. The molecule has 1 saturated heterocycles. The van der Waals surface area contributed by atoms with Crippen LogP contribution in [0.4, 0.5) is 0 Å². The summed E-state index contributed by atoms with van der Waals surface area (Å²) in [6.07, 6.45) is 14.8. The molecule has 1 heterocycles. The van der Waals surface area contributed by atoms with Gasteiger partial charge in [-0.15, -0.1) is 6.58 Å². The highest BCUT2D eigenvalue weighted by Crippen LogP contribution is 2.12. The summed E-state index contributed by atoms with van der Waals surface area (Å²) in [5.74, 6) is 0.186. The molecule has 20 heavy (non-hydrogen) atoms. The van der Waals surface area contributed by atoms with Crippen LogP contribution in [-0.4, -0.2) is 25.2 Å². The first-order valence-electron chi connectivity index (χ1n) is 8.32. The smallest absolute Gasteiger partial charge is 0.220 e. The standard InChI is InChI=1S/C17H31NO2/c1-2-3-4-5-6-7-8-9-13-17(19)18-15-16-12-10-11-14-20-16/h2,16H,1,3-15H2,(H,18,19)/t16-/m0/s1. The Morgan fingerprint density at radius 1 is 1.15 bits per heavy atom. The SMILES string of the molecule is C=CCCCCCCCCC(=O)NC[C@@H]1CCCCO1. The summed E-state index contributed by atoms with van der Waals surface area (Å²) in [6.45, 7) is 5.27. The molecule has 3 heteroatoms. The van der Waals surface area contributed by atoms with E-state index in [0.29, 0.717) is 13.0 Å². The molecule has 0 unspecified atom stereocenters. The van der Waals surface area contributed by atoms with Gasteiger partial charge in [0.25, 0.3) is 0 Å². The highest BCUT2D eigenvalue weighted by Gasteiger charge is 2.14. The Bertz CT molecular complexity index is 260. The molecule has 1 amide bonds. The number of carbonyl (C=O) groups excluding carboxylic acids is 1. The van der Waals surface area contributed by atoms with Gasteiger partial charge >= 0.3 is 0 Å². The highest BCUT2D eigenvalue weighted by atomic mass is 16.5. The van der Waals surface area contributed by atoms with Gasteiger partial charge in [-0.1, -0.05) is 31.8 Å². The molecule has 0 saturated carbocycles. The maximum Gasteiger partial charge on any atom is 0.220 e. The minimum Gasteiger partial charge on any atom is -0.376 e. The van der Waals surface area contributed by atoms with Crippen molar-refractivity contribution in [2.75, 3.05) is 13.2 Å². The summed E-state index contributed by atoms with van der Waals surface area (Å²) < 4.78 is 5.60. The Hall–Kier alpha value is -0.830. The summed E-state index contributed by atoms with van der Waals surface area (Å²) in [6, 6.07) is 0. The zero-order valence-electron chi connectivity index (χ0n) is 12.9. The van der Waals surface area contributed by atoms with E-state index in [9.17, 15) is 4.79 Å². The lowest BCUT2D eigenvalue weighted by molar-refractivity contribution is -0.122. The van der Waals surface area contributed by atoms with Crippen molar-refractivity contribution in [3.05, 3.63) is 12.7 Å². The predicted molar refractivity (Wildman–Crippen MR) is 83.7 cm³/mol. The first kappa shape index (κ1) is 17.2. The molecule has 1 N–H and O–H groups in total. The van der Waals surface area contributed by atoms with Crippen molar-refractivity contribution in [3.63, 3.8) is 0 Å². The Balaban J connectivity index is 1.86. The fraction of sp³-hybridized carbons (Fsp3) is 0.824. The molecule has 1 rings (SSSR count). The zero-order valence-corrected chi connectivity index (χ0v) is 12.9. The van der Waals surface area contributed by atoms with Crippen molar-refractivity contribution < 1.29 is 9.53 Å². The third kappa shape index (κ3) is 9.13. The summed E-state index contributed by atoms with van der Waals surface area (Å²) in [5, 5.41) is 3.00. The third-order valence-corrected chi connectivity index (χ3v) is 3.86. The van der Waals surface area contributed by atoms with E-state index in [1.165, 1.54) is 38.5 Å². The number of hydrogen-bond donors (Lipinski definition) is 1. The molecule has 1 aliphatic heterocycles. The van der Waals surface area contributed by atoms with Gasteiger partial charge in [0.2, 0.25) is 5.91 Å².